The first-order chi connectivity index (χ1) is 11.8. The van der Waals surface area contributed by atoms with Gasteiger partial charge in [-0.3, -0.25) is 4.79 Å². The molecule has 1 amide bonds. The highest BCUT2D eigenvalue weighted by molar-refractivity contribution is 8.03. The Kier molecular flexibility index (Phi) is 3.69. The number of aliphatic carboxylic acids is 1. The molecule has 1 aromatic rings. The molecule has 1 aromatic heterocycles. The van der Waals surface area contributed by atoms with Gasteiger partial charge in [-0.1, -0.05) is 6.92 Å². The summed E-state index contributed by atoms with van der Waals surface area (Å²) in [5.41, 5.74) is -0.0231. The van der Waals surface area contributed by atoms with Crippen molar-refractivity contribution in [2.45, 2.75) is 44.2 Å². The zero-order valence-corrected chi connectivity index (χ0v) is 15.1. The molecule has 25 heavy (non-hydrogen) atoms. The second-order valence-electron chi connectivity index (χ2n) is 6.97. The molecular weight excluding hydrogens is 344 g/mol. The monoisotopic (exact) mass is 364 g/mol. The summed E-state index contributed by atoms with van der Waals surface area (Å²) in [6.45, 7) is 4.29. The quantitative estimate of drug-likeness (QED) is 0.527. The molecule has 0 spiro atoms. The first kappa shape index (κ1) is 16.6. The van der Waals surface area contributed by atoms with Crippen molar-refractivity contribution in [3.05, 3.63) is 22.8 Å². The van der Waals surface area contributed by atoms with Crippen molar-refractivity contribution in [3.63, 3.8) is 0 Å². The Hall–Kier alpha value is -1.87. The lowest BCUT2D eigenvalue weighted by Gasteiger charge is -2.47. The van der Waals surface area contributed by atoms with Gasteiger partial charge in [0.2, 0.25) is 11.7 Å². The van der Waals surface area contributed by atoms with Crippen LogP contribution in [0.3, 0.4) is 0 Å². The van der Waals surface area contributed by atoms with Crippen LogP contribution < -0.4 is 9.67 Å². The fourth-order valence-electron chi connectivity index (χ4n) is 4.31. The number of rotatable bonds is 4. The summed E-state index contributed by atoms with van der Waals surface area (Å²) < 4.78 is 3.87. The largest absolute Gasteiger partial charge is 0.543 e. The first-order valence-electron chi connectivity index (χ1n) is 8.37. The number of aromatic nitrogens is 3. The van der Waals surface area contributed by atoms with Gasteiger partial charge in [0, 0.05) is 22.3 Å². The van der Waals surface area contributed by atoms with Crippen LogP contribution in [0, 0.1) is 11.8 Å². The number of fused-ring (bicyclic) bond motifs is 2. The standard InChI is InChI=1S/C16H20N4O4S/c1-7-11-10(8(2)21)15(22)20(11)12(16(23)24)13(7)25-9-4-5-19-14(9)18(3)6-17-19/h6-11,21H,4-5H2,1-3H3/t7-,8-,9?,10-,11-/m1/s1. The number of hydrogen-bond acceptors (Lipinski definition) is 6. The molecule has 1 unspecified atom stereocenters. The molecule has 0 aromatic carbocycles. The van der Waals surface area contributed by atoms with Crippen molar-refractivity contribution in [1.29, 1.82) is 0 Å². The predicted octanol–water partition coefficient (Wildman–Crippen LogP) is -1.30. The third-order valence-corrected chi connectivity index (χ3v) is 7.00. The summed E-state index contributed by atoms with van der Waals surface area (Å²) in [5.74, 6) is -1.31. The molecule has 0 aliphatic carbocycles. The molecule has 134 valence electrons. The molecule has 0 radical (unpaired) electrons. The van der Waals surface area contributed by atoms with Crippen molar-refractivity contribution in [2.75, 3.05) is 0 Å². The van der Waals surface area contributed by atoms with Crippen molar-refractivity contribution >= 4 is 23.6 Å². The second-order valence-corrected chi connectivity index (χ2v) is 8.22. The maximum atomic E-state index is 12.4. The molecule has 8 nitrogen and oxygen atoms in total. The van der Waals surface area contributed by atoms with Crippen molar-refractivity contribution < 1.29 is 24.4 Å². The SMILES string of the molecule is C[C@@H](O)[C@H]1C(=O)N2C(C(=O)[O-])=C(SC3CCn4nc[n+](C)c43)[C@H](C)[C@H]12. The van der Waals surface area contributed by atoms with Gasteiger partial charge in [0.1, 0.15) is 11.8 Å². The summed E-state index contributed by atoms with van der Waals surface area (Å²) in [6, 6.07) is -0.303. The molecule has 0 bridgehead atoms. The van der Waals surface area contributed by atoms with E-state index in [1.807, 2.05) is 23.2 Å². The van der Waals surface area contributed by atoms with Gasteiger partial charge >= 0.3 is 0 Å². The highest BCUT2D eigenvalue weighted by Crippen LogP contribution is 2.54. The van der Waals surface area contributed by atoms with Gasteiger partial charge in [-0.15, -0.1) is 16.4 Å². The Morgan fingerprint density at radius 3 is 2.92 bits per heavy atom. The summed E-state index contributed by atoms with van der Waals surface area (Å²) in [7, 11) is 1.92. The van der Waals surface area contributed by atoms with Gasteiger partial charge in [-0.25, -0.2) is 4.57 Å². The number of thioether (sulfide) groups is 1. The minimum absolute atomic E-state index is 0.0231. The van der Waals surface area contributed by atoms with Crippen LogP contribution >= 0.6 is 11.8 Å². The van der Waals surface area contributed by atoms with Gasteiger partial charge in [-0.2, -0.15) is 0 Å². The number of aryl methyl sites for hydroxylation is 2. The number of aliphatic hydroxyl groups excluding tert-OH is 1. The van der Waals surface area contributed by atoms with Gasteiger partial charge in [-0.05, 0) is 6.92 Å². The third kappa shape index (κ3) is 2.18. The fraction of sp³-hybridized carbons (Fsp3) is 0.625. The third-order valence-electron chi connectivity index (χ3n) is 5.45. The number of carboxylic acids is 1. The van der Waals surface area contributed by atoms with Gasteiger partial charge in [0.15, 0.2) is 0 Å². The molecule has 1 saturated heterocycles. The van der Waals surface area contributed by atoms with E-state index in [1.54, 1.807) is 13.3 Å². The van der Waals surface area contributed by atoms with Crippen LogP contribution in [0.2, 0.25) is 0 Å². The Balaban J connectivity index is 1.68. The molecular formula is C16H20N4O4S. The minimum Gasteiger partial charge on any atom is -0.543 e. The summed E-state index contributed by atoms with van der Waals surface area (Å²) in [4.78, 5) is 26.1. The van der Waals surface area contributed by atoms with E-state index in [9.17, 15) is 19.8 Å². The molecule has 4 rings (SSSR count). The second kappa shape index (κ2) is 5.57. The Bertz CT molecular complexity index is 802. The number of hydrogen-bond donors (Lipinski definition) is 1. The van der Waals surface area contributed by atoms with Crippen molar-refractivity contribution in [3.8, 4) is 0 Å². The van der Waals surface area contributed by atoms with E-state index >= 15 is 0 Å². The minimum atomic E-state index is -1.33. The summed E-state index contributed by atoms with van der Waals surface area (Å²) >= 11 is 1.49. The number of carbonyl (C=O) groups excluding carboxylic acids is 2. The lowest BCUT2D eigenvalue weighted by atomic mass is 9.79. The fourth-order valence-corrected chi connectivity index (χ4v) is 5.88. The van der Waals surface area contributed by atoms with Gasteiger partial charge in [0.05, 0.1) is 36.8 Å². The topological polar surface area (TPSA) is 102 Å². The van der Waals surface area contributed by atoms with Gasteiger partial charge < -0.3 is 19.9 Å². The number of aliphatic hydroxyl groups is 1. The first-order valence-corrected chi connectivity index (χ1v) is 9.25. The van der Waals surface area contributed by atoms with E-state index in [1.165, 1.54) is 16.7 Å². The van der Waals surface area contributed by atoms with Crippen LogP contribution in [-0.4, -0.2) is 43.8 Å². The Morgan fingerprint density at radius 2 is 2.28 bits per heavy atom. The zero-order chi connectivity index (χ0) is 18.0. The Morgan fingerprint density at radius 1 is 1.56 bits per heavy atom. The molecule has 9 heteroatoms. The molecule has 0 saturated carbocycles. The number of nitrogens with zero attached hydrogens (tertiary/aromatic N) is 4. The number of carboxylic acid groups (broad SMARTS) is 1. The lowest BCUT2D eigenvalue weighted by Crippen LogP contribution is -2.64. The zero-order valence-electron chi connectivity index (χ0n) is 14.2. The van der Waals surface area contributed by atoms with Crippen LogP contribution in [0.25, 0.3) is 0 Å². The van der Waals surface area contributed by atoms with Crippen LogP contribution in [0.4, 0.5) is 0 Å². The van der Waals surface area contributed by atoms with Crippen LogP contribution in [0.5, 0.6) is 0 Å². The maximum Gasteiger partial charge on any atom is 0.265 e. The Labute approximate surface area is 149 Å². The molecule has 3 aliphatic heterocycles. The smallest absolute Gasteiger partial charge is 0.265 e. The number of β-lactam (4-membered cyclic amide) rings is 1. The van der Waals surface area contributed by atoms with E-state index in [0.29, 0.717) is 4.91 Å². The predicted molar refractivity (Wildman–Crippen MR) is 85.4 cm³/mol. The molecule has 1 N–H and O–H groups in total. The van der Waals surface area contributed by atoms with Gasteiger partial charge in [0.25, 0.3) is 6.33 Å². The average molecular weight is 364 g/mol. The van der Waals surface area contributed by atoms with Crippen LogP contribution in [0.15, 0.2) is 16.9 Å². The van der Waals surface area contributed by atoms with Crippen molar-refractivity contribution in [2.24, 2.45) is 18.9 Å². The summed E-state index contributed by atoms with van der Waals surface area (Å²) in [5, 5.41) is 26.0. The van der Waals surface area contributed by atoms with E-state index in [4.69, 9.17) is 0 Å². The molecule has 3 aliphatic rings. The lowest BCUT2D eigenvalue weighted by molar-refractivity contribution is -0.679. The van der Waals surface area contributed by atoms with Crippen LogP contribution in [0.1, 0.15) is 31.3 Å². The molecule has 4 heterocycles. The van der Waals surface area contributed by atoms with Crippen LogP contribution in [-0.2, 0) is 23.2 Å². The molecule has 1 fully saturated rings. The highest BCUT2D eigenvalue weighted by atomic mass is 32.2. The van der Waals surface area contributed by atoms with E-state index in [0.717, 1.165) is 18.8 Å². The molecule has 5 atom stereocenters. The van der Waals surface area contributed by atoms with E-state index in [-0.39, 0.29) is 28.8 Å². The highest BCUT2D eigenvalue weighted by Gasteiger charge is 2.59. The summed E-state index contributed by atoms with van der Waals surface area (Å²) in [6.07, 6.45) is 1.81. The van der Waals surface area contributed by atoms with E-state index in [2.05, 4.69) is 5.10 Å². The maximum absolute atomic E-state index is 12.4. The van der Waals surface area contributed by atoms with Crippen molar-refractivity contribution in [1.82, 2.24) is 14.7 Å². The normalized spacial score (nSPS) is 31.8. The average Bonchev–Trinajstić information content (AvgIpc) is 3.16. The van der Waals surface area contributed by atoms with E-state index < -0.39 is 18.0 Å². The number of carbonyl (C=O) groups is 2. The number of amides is 1.